The van der Waals surface area contributed by atoms with Gasteiger partial charge in [-0.15, -0.1) is 0 Å². The van der Waals surface area contributed by atoms with Crippen molar-refractivity contribution in [2.24, 2.45) is 5.92 Å². The Morgan fingerprint density at radius 2 is 1.81 bits per heavy atom. The number of hydrogen-bond acceptors (Lipinski definition) is 3. The molecule has 4 heteroatoms. The van der Waals surface area contributed by atoms with E-state index in [1.165, 1.54) is 25.9 Å². The summed E-state index contributed by atoms with van der Waals surface area (Å²) in [7, 11) is 0. The Balaban J connectivity index is 1.78. The number of nitrogens with zero attached hydrogens (tertiary/aromatic N) is 2. The number of ether oxygens (including phenoxy) is 1. The molecule has 2 aliphatic rings. The van der Waals surface area contributed by atoms with Crippen LogP contribution in [0.25, 0.3) is 0 Å². The first-order chi connectivity index (χ1) is 9.85. The van der Waals surface area contributed by atoms with Gasteiger partial charge >= 0.3 is 6.09 Å². The van der Waals surface area contributed by atoms with Gasteiger partial charge in [-0.1, -0.05) is 6.92 Å². The highest BCUT2D eigenvalue weighted by Gasteiger charge is 2.32. The molecule has 2 rings (SSSR count). The summed E-state index contributed by atoms with van der Waals surface area (Å²) in [6.45, 7) is 12.6. The highest BCUT2D eigenvalue weighted by molar-refractivity contribution is 5.68. The molecule has 2 heterocycles. The van der Waals surface area contributed by atoms with Crippen LogP contribution in [0.3, 0.4) is 0 Å². The molecule has 0 aromatic carbocycles. The molecule has 1 amide bonds. The van der Waals surface area contributed by atoms with Crippen molar-refractivity contribution in [2.75, 3.05) is 26.2 Å². The summed E-state index contributed by atoms with van der Waals surface area (Å²) >= 11 is 0. The van der Waals surface area contributed by atoms with E-state index in [9.17, 15) is 4.79 Å². The number of hydrogen-bond donors (Lipinski definition) is 0. The molecule has 2 aliphatic heterocycles. The summed E-state index contributed by atoms with van der Waals surface area (Å²) in [5.74, 6) is 0.881. The Kier molecular flexibility index (Phi) is 5.53. The van der Waals surface area contributed by atoms with Crippen LogP contribution in [0.2, 0.25) is 0 Å². The molecular weight excluding hydrogens is 264 g/mol. The molecule has 2 saturated heterocycles. The van der Waals surface area contributed by atoms with Crippen LogP contribution < -0.4 is 0 Å². The molecule has 0 spiro atoms. The lowest BCUT2D eigenvalue weighted by Gasteiger charge is -2.33. The predicted molar refractivity (Wildman–Crippen MR) is 85.4 cm³/mol. The highest BCUT2D eigenvalue weighted by Crippen LogP contribution is 2.24. The molecule has 0 bridgehead atoms. The Morgan fingerprint density at radius 1 is 1.14 bits per heavy atom. The summed E-state index contributed by atoms with van der Waals surface area (Å²) in [5, 5.41) is 0. The quantitative estimate of drug-likeness (QED) is 0.799. The maximum atomic E-state index is 12.3. The SMILES string of the molecule is CC1CCN(CC[C@H]2CCCN2C(=O)OC(C)(C)C)CC1. The number of rotatable bonds is 3. The van der Waals surface area contributed by atoms with Crippen LogP contribution >= 0.6 is 0 Å². The molecule has 0 radical (unpaired) electrons. The van der Waals surface area contributed by atoms with E-state index in [1.54, 1.807) is 0 Å². The van der Waals surface area contributed by atoms with Crippen LogP contribution in [0.1, 0.15) is 59.8 Å². The van der Waals surface area contributed by atoms with Gasteiger partial charge in [0.25, 0.3) is 0 Å². The Hall–Kier alpha value is -0.770. The second-order valence-corrected chi connectivity index (χ2v) is 7.78. The molecule has 122 valence electrons. The predicted octanol–water partition coefficient (Wildman–Crippen LogP) is 3.51. The van der Waals surface area contributed by atoms with Gasteiger partial charge in [0.15, 0.2) is 0 Å². The van der Waals surface area contributed by atoms with Crippen LogP contribution in [0.5, 0.6) is 0 Å². The zero-order valence-corrected chi connectivity index (χ0v) is 14.2. The summed E-state index contributed by atoms with van der Waals surface area (Å²) in [6, 6.07) is 0.374. The van der Waals surface area contributed by atoms with Gasteiger partial charge in [0.2, 0.25) is 0 Å². The van der Waals surface area contributed by atoms with Gasteiger partial charge in [0, 0.05) is 19.1 Å². The van der Waals surface area contributed by atoms with Gasteiger partial charge in [0.05, 0.1) is 0 Å². The van der Waals surface area contributed by atoms with Crippen molar-refractivity contribution in [1.29, 1.82) is 0 Å². The average Bonchev–Trinajstić information content (AvgIpc) is 2.84. The molecule has 0 aromatic heterocycles. The van der Waals surface area contributed by atoms with Crippen molar-refractivity contribution in [1.82, 2.24) is 9.80 Å². The molecule has 0 saturated carbocycles. The van der Waals surface area contributed by atoms with Gasteiger partial charge in [-0.05, 0) is 71.9 Å². The van der Waals surface area contributed by atoms with Crippen molar-refractivity contribution >= 4 is 6.09 Å². The summed E-state index contributed by atoms with van der Waals surface area (Å²) in [6.07, 6.45) is 5.84. The van der Waals surface area contributed by atoms with E-state index in [0.29, 0.717) is 6.04 Å². The molecule has 21 heavy (non-hydrogen) atoms. The van der Waals surface area contributed by atoms with Crippen LogP contribution in [-0.4, -0.2) is 53.7 Å². The second kappa shape index (κ2) is 6.99. The Labute approximate surface area is 129 Å². The van der Waals surface area contributed by atoms with Gasteiger partial charge in [-0.2, -0.15) is 0 Å². The van der Waals surface area contributed by atoms with Crippen molar-refractivity contribution in [3.05, 3.63) is 0 Å². The number of piperidine rings is 1. The van der Waals surface area contributed by atoms with E-state index in [0.717, 1.165) is 38.3 Å². The summed E-state index contributed by atoms with van der Waals surface area (Å²) < 4.78 is 5.53. The number of amides is 1. The molecule has 0 aliphatic carbocycles. The van der Waals surface area contributed by atoms with E-state index in [4.69, 9.17) is 4.74 Å². The lowest BCUT2D eigenvalue weighted by atomic mass is 9.99. The number of carbonyl (C=O) groups excluding carboxylic acids is 1. The lowest BCUT2D eigenvalue weighted by molar-refractivity contribution is 0.0210. The zero-order valence-electron chi connectivity index (χ0n) is 14.2. The van der Waals surface area contributed by atoms with Crippen molar-refractivity contribution in [3.63, 3.8) is 0 Å². The Morgan fingerprint density at radius 3 is 2.43 bits per heavy atom. The monoisotopic (exact) mass is 296 g/mol. The zero-order chi connectivity index (χ0) is 15.5. The van der Waals surface area contributed by atoms with Crippen LogP contribution in [-0.2, 0) is 4.74 Å². The van der Waals surface area contributed by atoms with E-state index < -0.39 is 5.60 Å². The van der Waals surface area contributed by atoms with E-state index in [-0.39, 0.29) is 6.09 Å². The summed E-state index contributed by atoms with van der Waals surface area (Å²) in [5.41, 5.74) is -0.396. The third kappa shape index (κ3) is 5.17. The maximum Gasteiger partial charge on any atom is 0.410 e. The molecule has 4 nitrogen and oxygen atoms in total. The fourth-order valence-electron chi connectivity index (χ4n) is 3.31. The second-order valence-electron chi connectivity index (χ2n) is 7.78. The first-order valence-corrected chi connectivity index (χ1v) is 8.57. The number of likely N-dealkylation sites (tertiary alicyclic amines) is 2. The third-order valence-corrected chi connectivity index (χ3v) is 4.66. The fourth-order valence-corrected chi connectivity index (χ4v) is 3.31. The average molecular weight is 296 g/mol. The van der Waals surface area contributed by atoms with Crippen LogP contribution in [0, 0.1) is 5.92 Å². The highest BCUT2D eigenvalue weighted by atomic mass is 16.6. The standard InChI is InChI=1S/C17H32N2O2/c1-14-7-11-18(12-8-14)13-9-15-6-5-10-19(15)16(20)21-17(2,3)4/h14-15H,5-13H2,1-4H3/t15-/m1/s1. The smallest absolute Gasteiger partial charge is 0.410 e. The van der Waals surface area contributed by atoms with Crippen molar-refractivity contribution in [2.45, 2.75) is 71.4 Å². The number of carbonyl (C=O) groups is 1. The van der Waals surface area contributed by atoms with E-state index >= 15 is 0 Å². The van der Waals surface area contributed by atoms with Crippen LogP contribution in [0.4, 0.5) is 4.79 Å². The molecule has 0 aromatic rings. The van der Waals surface area contributed by atoms with Gasteiger partial charge < -0.3 is 14.5 Å². The normalized spacial score (nSPS) is 25.3. The topological polar surface area (TPSA) is 32.8 Å². The summed E-state index contributed by atoms with van der Waals surface area (Å²) in [4.78, 5) is 16.8. The molecule has 0 N–H and O–H groups in total. The van der Waals surface area contributed by atoms with Crippen molar-refractivity contribution in [3.8, 4) is 0 Å². The molecule has 2 fully saturated rings. The van der Waals surface area contributed by atoms with Gasteiger partial charge in [-0.3, -0.25) is 0 Å². The molecular formula is C17H32N2O2. The molecule has 1 atom stereocenters. The lowest BCUT2D eigenvalue weighted by Crippen LogP contribution is -2.42. The van der Waals surface area contributed by atoms with E-state index in [1.807, 2.05) is 25.7 Å². The third-order valence-electron chi connectivity index (χ3n) is 4.66. The fraction of sp³-hybridized carbons (Fsp3) is 0.941. The van der Waals surface area contributed by atoms with Crippen molar-refractivity contribution < 1.29 is 9.53 Å². The van der Waals surface area contributed by atoms with Gasteiger partial charge in [-0.25, -0.2) is 4.79 Å². The van der Waals surface area contributed by atoms with E-state index in [2.05, 4.69) is 11.8 Å². The maximum absolute atomic E-state index is 12.3. The minimum absolute atomic E-state index is 0.128. The largest absolute Gasteiger partial charge is 0.444 e. The first-order valence-electron chi connectivity index (χ1n) is 8.57. The first kappa shape index (κ1) is 16.6. The minimum atomic E-state index is -0.396. The van der Waals surface area contributed by atoms with Crippen LogP contribution in [0.15, 0.2) is 0 Å². The molecule has 0 unspecified atom stereocenters. The van der Waals surface area contributed by atoms with Gasteiger partial charge in [0.1, 0.15) is 5.60 Å². The Bertz CT molecular complexity index is 343. The minimum Gasteiger partial charge on any atom is -0.444 e.